The van der Waals surface area contributed by atoms with Gasteiger partial charge in [0, 0.05) is 29.2 Å². The Morgan fingerprint density at radius 3 is 2.62 bits per heavy atom. The van der Waals surface area contributed by atoms with E-state index in [-0.39, 0.29) is 10.8 Å². The van der Waals surface area contributed by atoms with E-state index in [2.05, 4.69) is 20.1 Å². The Labute approximate surface area is 142 Å². The second kappa shape index (κ2) is 6.12. The molecule has 0 saturated heterocycles. The first-order chi connectivity index (χ1) is 11.3. The summed E-state index contributed by atoms with van der Waals surface area (Å²) < 4.78 is 40.0. The lowest BCUT2D eigenvalue weighted by Crippen LogP contribution is -2.06. The third-order valence-electron chi connectivity index (χ3n) is 3.98. The standard InChI is InChI=1S/C16H16ClF3N4/c1-9-5-11(10(2)24(9)13-3-4-13)7-22-23-15-14(17)6-12(8-21-15)16(18,19)20/h5-8,13H,3-4H2,1-2H3,(H,21,23)/b22-7+. The molecular weight excluding hydrogens is 341 g/mol. The Hall–Kier alpha value is -2.02. The van der Waals surface area contributed by atoms with Crippen molar-refractivity contribution < 1.29 is 13.2 Å². The van der Waals surface area contributed by atoms with E-state index in [1.165, 1.54) is 18.5 Å². The van der Waals surface area contributed by atoms with Crippen molar-refractivity contribution in [2.75, 3.05) is 5.43 Å². The molecule has 1 N–H and O–H groups in total. The first-order valence-electron chi connectivity index (χ1n) is 7.47. The lowest BCUT2D eigenvalue weighted by Gasteiger charge is -2.08. The molecule has 0 radical (unpaired) electrons. The molecule has 0 aromatic carbocycles. The topological polar surface area (TPSA) is 42.2 Å². The maximum Gasteiger partial charge on any atom is 0.417 e. The van der Waals surface area contributed by atoms with Crippen LogP contribution in [0.25, 0.3) is 0 Å². The van der Waals surface area contributed by atoms with E-state index in [9.17, 15) is 13.2 Å². The van der Waals surface area contributed by atoms with Crippen molar-refractivity contribution in [3.8, 4) is 0 Å². The molecule has 1 fully saturated rings. The predicted octanol–water partition coefficient (Wildman–Crippen LogP) is 4.95. The molecule has 2 aromatic rings. The molecule has 1 aliphatic carbocycles. The van der Waals surface area contributed by atoms with Gasteiger partial charge in [0.05, 0.1) is 16.8 Å². The molecule has 2 aromatic heterocycles. The fraction of sp³-hybridized carbons (Fsp3) is 0.375. The number of nitrogens with zero attached hydrogens (tertiary/aromatic N) is 3. The van der Waals surface area contributed by atoms with Gasteiger partial charge in [0.2, 0.25) is 0 Å². The molecule has 4 nitrogen and oxygen atoms in total. The molecular formula is C16H16ClF3N4. The SMILES string of the molecule is Cc1cc(/C=N/Nc2ncc(C(F)(F)F)cc2Cl)c(C)n1C1CC1. The highest BCUT2D eigenvalue weighted by Gasteiger charge is 2.31. The number of hydrogen-bond acceptors (Lipinski definition) is 3. The first kappa shape index (κ1) is 16.8. The lowest BCUT2D eigenvalue weighted by molar-refractivity contribution is -0.137. The van der Waals surface area contributed by atoms with Gasteiger partial charge in [0.1, 0.15) is 0 Å². The van der Waals surface area contributed by atoms with Gasteiger partial charge in [-0.25, -0.2) is 4.98 Å². The minimum atomic E-state index is -4.47. The molecule has 2 heterocycles. The van der Waals surface area contributed by atoms with Gasteiger partial charge < -0.3 is 4.57 Å². The second-order valence-corrected chi connectivity index (χ2v) is 6.26. The Morgan fingerprint density at radius 1 is 1.33 bits per heavy atom. The molecule has 8 heteroatoms. The molecule has 0 bridgehead atoms. The lowest BCUT2D eigenvalue weighted by atomic mass is 10.2. The Balaban J connectivity index is 1.74. The largest absolute Gasteiger partial charge is 0.417 e. The summed E-state index contributed by atoms with van der Waals surface area (Å²) in [6.07, 6.45) is 0.255. The average molecular weight is 357 g/mol. The van der Waals surface area contributed by atoms with Crippen LogP contribution in [0.5, 0.6) is 0 Å². The number of alkyl halides is 3. The predicted molar refractivity (Wildman–Crippen MR) is 87.6 cm³/mol. The highest BCUT2D eigenvalue weighted by Crippen LogP contribution is 2.38. The van der Waals surface area contributed by atoms with E-state index >= 15 is 0 Å². The number of aryl methyl sites for hydroxylation is 1. The van der Waals surface area contributed by atoms with Crippen molar-refractivity contribution in [3.63, 3.8) is 0 Å². The van der Waals surface area contributed by atoms with Gasteiger partial charge in [0.25, 0.3) is 0 Å². The van der Waals surface area contributed by atoms with Crippen LogP contribution >= 0.6 is 11.6 Å². The molecule has 128 valence electrons. The zero-order valence-electron chi connectivity index (χ0n) is 13.2. The Kier molecular flexibility index (Phi) is 4.29. The van der Waals surface area contributed by atoms with Crippen molar-refractivity contribution >= 4 is 23.6 Å². The molecule has 1 saturated carbocycles. The van der Waals surface area contributed by atoms with Crippen LogP contribution in [-0.4, -0.2) is 15.8 Å². The van der Waals surface area contributed by atoms with Crippen LogP contribution < -0.4 is 5.43 Å². The van der Waals surface area contributed by atoms with E-state index in [0.717, 1.165) is 23.5 Å². The van der Waals surface area contributed by atoms with Gasteiger partial charge in [-0.05, 0) is 38.8 Å². The van der Waals surface area contributed by atoms with Crippen molar-refractivity contribution in [1.29, 1.82) is 0 Å². The fourth-order valence-electron chi connectivity index (χ4n) is 2.67. The zero-order chi connectivity index (χ0) is 17.5. The summed E-state index contributed by atoms with van der Waals surface area (Å²) >= 11 is 5.82. The molecule has 0 unspecified atom stereocenters. The van der Waals surface area contributed by atoms with E-state index in [4.69, 9.17) is 11.6 Å². The number of pyridine rings is 1. The molecule has 1 aliphatic rings. The fourth-order valence-corrected chi connectivity index (χ4v) is 2.87. The highest BCUT2D eigenvalue weighted by atomic mass is 35.5. The highest BCUT2D eigenvalue weighted by molar-refractivity contribution is 6.32. The summed E-state index contributed by atoms with van der Waals surface area (Å²) in [5, 5.41) is 3.91. The smallest absolute Gasteiger partial charge is 0.345 e. The molecule has 0 atom stereocenters. The van der Waals surface area contributed by atoms with E-state index in [1.54, 1.807) is 6.21 Å². The van der Waals surface area contributed by atoms with Gasteiger partial charge in [-0.1, -0.05) is 11.6 Å². The van der Waals surface area contributed by atoms with E-state index < -0.39 is 11.7 Å². The van der Waals surface area contributed by atoms with Crippen molar-refractivity contribution in [2.45, 2.75) is 38.9 Å². The van der Waals surface area contributed by atoms with Gasteiger partial charge in [0.15, 0.2) is 5.82 Å². The van der Waals surface area contributed by atoms with Crippen molar-refractivity contribution in [1.82, 2.24) is 9.55 Å². The maximum absolute atomic E-state index is 12.6. The van der Waals surface area contributed by atoms with Crippen molar-refractivity contribution in [2.24, 2.45) is 5.10 Å². The zero-order valence-corrected chi connectivity index (χ0v) is 13.9. The van der Waals surface area contributed by atoms with Gasteiger partial charge >= 0.3 is 6.18 Å². The summed E-state index contributed by atoms with van der Waals surface area (Å²) in [7, 11) is 0. The normalized spacial score (nSPS) is 15.2. The quantitative estimate of drug-likeness (QED) is 0.622. The van der Waals surface area contributed by atoms with E-state index in [0.29, 0.717) is 6.04 Å². The first-order valence-corrected chi connectivity index (χ1v) is 7.85. The van der Waals surface area contributed by atoms with Crippen LogP contribution in [-0.2, 0) is 6.18 Å². The third-order valence-corrected chi connectivity index (χ3v) is 4.27. The van der Waals surface area contributed by atoms with Crippen LogP contribution in [0, 0.1) is 13.8 Å². The Bertz CT molecular complexity index is 791. The number of rotatable bonds is 4. The van der Waals surface area contributed by atoms with Crippen LogP contribution in [0.4, 0.5) is 19.0 Å². The van der Waals surface area contributed by atoms with Gasteiger partial charge in [-0.15, -0.1) is 0 Å². The number of nitrogens with one attached hydrogen (secondary N) is 1. The van der Waals surface area contributed by atoms with Crippen LogP contribution in [0.1, 0.15) is 41.4 Å². The number of hydrogen-bond donors (Lipinski definition) is 1. The molecule has 0 spiro atoms. The average Bonchev–Trinajstić information content (AvgIpc) is 3.27. The molecule has 0 aliphatic heterocycles. The monoisotopic (exact) mass is 356 g/mol. The molecule has 0 amide bonds. The van der Waals surface area contributed by atoms with E-state index in [1.807, 2.05) is 19.9 Å². The molecule has 24 heavy (non-hydrogen) atoms. The summed E-state index contributed by atoms with van der Waals surface area (Å²) in [4.78, 5) is 3.68. The van der Waals surface area contributed by atoms with Crippen molar-refractivity contribution in [3.05, 3.63) is 45.9 Å². The minimum Gasteiger partial charge on any atom is -0.345 e. The number of halogens is 4. The summed E-state index contributed by atoms with van der Waals surface area (Å²) in [6.45, 7) is 4.07. The third kappa shape index (κ3) is 3.40. The van der Waals surface area contributed by atoms with Gasteiger partial charge in [-0.3, -0.25) is 5.43 Å². The second-order valence-electron chi connectivity index (χ2n) is 5.85. The summed E-state index contributed by atoms with van der Waals surface area (Å²) in [5.41, 5.74) is 4.94. The van der Waals surface area contributed by atoms with Crippen LogP contribution in [0.2, 0.25) is 5.02 Å². The number of aromatic nitrogens is 2. The number of anilines is 1. The summed E-state index contributed by atoms with van der Waals surface area (Å²) in [5.74, 6) is 0.0805. The molecule has 3 rings (SSSR count). The minimum absolute atomic E-state index is 0.0805. The summed E-state index contributed by atoms with van der Waals surface area (Å²) in [6, 6.07) is 3.43. The number of hydrazone groups is 1. The van der Waals surface area contributed by atoms with Gasteiger partial charge in [-0.2, -0.15) is 18.3 Å². The maximum atomic E-state index is 12.6. The van der Waals surface area contributed by atoms with Crippen LogP contribution in [0.3, 0.4) is 0 Å². The van der Waals surface area contributed by atoms with Crippen LogP contribution in [0.15, 0.2) is 23.4 Å². The Morgan fingerprint density at radius 2 is 2.04 bits per heavy atom.